The van der Waals surface area contributed by atoms with E-state index in [4.69, 9.17) is 5.73 Å². The van der Waals surface area contributed by atoms with Crippen molar-refractivity contribution >= 4 is 10.2 Å². The molecule has 19 heavy (non-hydrogen) atoms. The Balaban J connectivity index is 1.90. The van der Waals surface area contributed by atoms with Gasteiger partial charge in [-0.1, -0.05) is 19.8 Å². The molecule has 2 aliphatic rings. The van der Waals surface area contributed by atoms with Crippen molar-refractivity contribution in [2.24, 2.45) is 17.1 Å². The molecule has 1 saturated carbocycles. The first-order valence-electron chi connectivity index (χ1n) is 7.40. The van der Waals surface area contributed by atoms with E-state index in [0.29, 0.717) is 32.1 Å². The van der Waals surface area contributed by atoms with Crippen LogP contribution in [0.25, 0.3) is 0 Å². The number of nitrogens with two attached hydrogens (primary N) is 1. The molecule has 6 heteroatoms. The largest absolute Gasteiger partial charge is 0.330 e. The molecule has 1 aliphatic heterocycles. The SMILES string of the molecule is CC1(CNS(=O)(=O)N2CCCC(CN)C2)CCCC1. The van der Waals surface area contributed by atoms with Gasteiger partial charge in [0.25, 0.3) is 10.2 Å². The molecule has 2 rings (SSSR count). The molecule has 0 aromatic rings. The van der Waals surface area contributed by atoms with Gasteiger partial charge >= 0.3 is 0 Å². The fourth-order valence-corrected chi connectivity index (χ4v) is 4.69. The van der Waals surface area contributed by atoms with Crippen molar-refractivity contribution in [2.45, 2.75) is 45.4 Å². The Morgan fingerprint density at radius 3 is 2.63 bits per heavy atom. The summed E-state index contributed by atoms with van der Waals surface area (Å²) in [5.74, 6) is 0.312. The molecule has 112 valence electrons. The zero-order valence-electron chi connectivity index (χ0n) is 11.9. The van der Waals surface area contributed by atoms with Crippen molar-refractivity contribution in [3.8, 4) is 0 Å². The molecule has 1 atom stereocenters. The molecule has 5 nitrogen and oxygen atoms in total. The monoisotopic (exact) mass is 289 g/mol. The number of piperidine rings is 1. The van der Waals surface area contributed by atoms with Gasteiger partial charge in [-0.25, -0.2) is 4.72 Å². The minimum Gasteiger partial charge on any atom is -0.330 e. The third kappa shape index (κ3) is 3.90. The van der Waals surface area contributed by atoms with Crippen molar-refractivity contribution < 1.29 is 8.42 Å². The lowest BCUT2D eigenvalue weighted by atomic mass is 9.89. The summed E-state index contributed by atoms with van der Waals surface area (Å²) in [5, 5.41) is 0. The van der Waals surface area contributed by atoms with E-state index in [9.17, 15) is 8.42 Å². The van der Waals surface area contributed by atoms with E-state index in [1.807, 2.05) is 0 Å². The van der Waals surface area contributed by atoms with Crippen LogP contribution in [0, 0.1) is 11.3 Å². The maximum absolute atomic E-state index is 12.3. The average molecular weight is 289 g/mol. The Labute approximate surface area is 117 Å². The minimum absolute atomic E-state index is 0.149. The summed E-state index contributed by atoms with van der Waals surface area (Å²) >= 11 is 0. The molecule has 0 amide bonds. The summed E-state index contributed by atoms with van der Waals surface area (Å²) in [6, 6.07) is 0. The van der Waals surface area contributed by atoms with Gasteiger partial charge in [0.1, 0.15) is 0 Å². The molecule has 1 aliphatic carbocycles. The van der Waals surface area contributed by atoms with E-state index in [2.05, 4.69) is 11.6 Å². The van der Waals surface area contributed by atoms with Crippen molar-refractivity contribution in [3.63, 3.8) is 0 Å². The van der Waals surface area contributed by atoms with Gasteiger partial charge in [-0.15, -0.1) is 0 Å². The Bertz CT molecular complexity index is 391. The van der Waals surface area contributed by atoms with E-state index in [0.717, 1.165) is 25.7 Å². The third-order valence-corrected chi connectivity index (χ3v) is 6.17. The predicted octanol–water partition coefficient (Wildman–Crippen LogP) is 1.07. The van der Waals surface area contributed by atoms with Crippen molar-refractivity contribution in [2.75, 3.05) is 26.2 Å². The quantitative estimate of drug-likeness (QED) is 0.795. The van der Waals surface area contributed by atoms with Gasteiger partial charge < -0.3 is 5.73 Å². The summed E-state index contributed by atoms with van der Waals surface area (Å²) in [4.78, 5) is 0. The molecular weight excluding hydrogens is 262 g/mol. The fraction of sp³-hybridized carbons (Fsp3) is 1.00. The van der Waals surface area contributed by atoms with Gasteiger partial charge in [0.2, 0.25) is 0 Å². The molecule has 0 aromatic carbocycles. The maximum Gasteiger partial charge on any atom is 0.279 e. The maximum atomic E-state index is 12.3. The smallest absolute Gasteiger partial charge is 0.279 e. The highest BCUT2D eigenvalue weighted by Crippen LogP contribution is 2.36. The zero-order valence-corrected chi connectivity index (χ0v) is 12.7. The van der Waals surface area contributed by atoms with Gasteiger partial charge in [-0.3, -0.25) is 0 Å². The molecule has 2 fully saturated rings. The Morgan fingerprint density at radius 2 is 2.00 bits per heavy atom. The van der Waals surface area contributed by atoms with Gasteiger partial charge in [-0.2, -0.15) is 12.7 Å². The van der Waals surface area contributed by atoms with Crippen LogP contribution in [0.2, 0.25) is 0 Å². The zero-order chi connectivity index (χ0) is 13.9. The van der Waals surface area contributed by atoms with E-state index in [1.165, 1.54) is 12.8 Å². The number of rotatable bonds is 5. The first-order chi connectivity index (χ1) is 8.95. The highest BCUT2D eigenvalue weighted by Gasteiger charge is 2.33. The van der Waals surface area contributed by atoms with Crippen molar-refractivity contribution in [1.29, 1.82) is 0 Å². The summed E-state index contributed by atoms with van der Waals surface area (Å²) in [6.45, 7) is 4.52. The normalized spacial score (nSPS) is 28.6. The molecular formula is C13H27N3O2S. The molecule has 0 spiro atoms. The topological polar surface area (TPSA) is 75.4 Å². The van der Waals surface area contributed by atoms with E-state index < -0.39 is 10.2 Å². The van der Waals surface area contributed by atoms with E-state index in [-0.39, 0.29) is 5.41 Å². The number of nitrogens with one attached hydrogen (secondary N) is 1. The van der Waals surface area contributed by atoms with Crippen molar-refractivity contribution in [3.05, 3.63) is 0 Å². The van der Waals surface area contributed by atoms with Crippen LogP contribution in [-0.4, -0.2) is 38.9 Å². The third-order valence-electron chi connectivity index (χ3n) is 4.65. The fourth-order valence-electron chi connectivity index (χ4n) is 3.20. The number of hydrogen-bond acceptors (Lipinski definition) is 3. The van der Waals surface area contributed by atoms with Gasteiger partial charge in [-0.05, 0) is 43.6 Å². The molecule has 0 aromatic heterocycles. The minimum atomic E-state index is -3.32. The van der Waals surface area contributed by atoms with Crippen LogP contribution in [0.15, 0.2) is 0 Å². The summed E-state index contributed by atoms with van der Waals surface area (Å²) in [6.07, 6.45) is 6.65. The second-order valence-electron chi connectivity index (χ2n) is 6.45. The first-order valence-corrected chi connectivity index (χ1v) is 8.84. The first kappa shape index (κ1) is 15.2. The number of hydrogen-bond donors (Lipinski definition) is 2. The van der Waals surface area contributed by atoms with Crippen LogP contribution >= 0.6 is 0 Å². The molecule has 1 heterocycles. The second-order valence-corrected chi connectivity index (χ2v) is 8.20. The van der Waals surface area contributed by atoms with Crippen LogP contribution in [0.1, 0.15) is 45.4 Å². The van der Waals surface area contributed by atoms with Gasteiger partial charge in [0, 0.05) is 19.6 Å². The summed E-state index contributed by atoms with van der Waals surface area (Å²) < 4.78 is 29.0. The van der Waals surface area contributed by atoms with E-state index >= 15 is 0 Å². The molecule has 1 saturated heterocycles. The Kier molecular flexibility index (Phi) is 4.87. The molecule has 1 unspecified atom stereocenters. The summed E-state index contributed by atoms with van der Waals surface area (Å²) in [5.41, 5.74) is 5.81. The highest BCUT2D eigenvalue weighted by molar-refractivity contribution is 7.87. The number of nitrogens with zero attached hydrogens (tertiary/aromatic N) is 1. The Morgan fingerprint density at radius 1 is 1.32 bits per heavy atom. The van der Waals surface area contributed by atoms with Crippen LogP contribution < -0.4 is 10.5 Å². The van der Waals surface area contributed by atoms with E-state index in [1.54, 1.807) is 4.31 Å². The van der Waals surface area contributed by atoms with Crippen LogP contribution in [0.4, 0.5) is 0 Å². The van der Waals surface area contributed by atoms with Crippen LogP contribution in [0.5, 0.6) is 0 Å². The lowest BCUT2D eigenvalue weighted by molar-refractivity contribution is 0.263. The van der Waals surface area contributed by atoms with Gasteiger partial charge in [0.05, 0.1) is 0 Å². The standard InChI is InChI=1S/C13H27N3O2S/c1-13(6-2-3-7-13)11-15-19(17,18)16-8-4-5-12(9-14)10-16/h12,15H,2-11,14H2,1H3. The average Bonchev–Trinajstić information content (AvgIpc) is 2.84. The lowest BCUT2D eigenvalue weighted by Crippen LogP contribution is -2.49. The van der Waals surface area contributed by atoms with Crippen LogP contribution in [-0.2, 0) is 10.2 Å². The summed E-state index contributed by atoms with van der Waals surface area (Å²) in [7, 11) is -3.32. The van der Waals surface area contributed by atoms with Crippen LogP contribution in [0.3, 0.4) is 0 Å². The second kappa shape index (κ2) is 6.08. The van der Waals surface area contributed by atoms with Crippen molar-refractivity contribution in [1.82, 2.24) is 9.03 Å². The molecule has 0 radical (unpaired) electrons. The van der Waals surface area contributed by atoms with Gasteiger partial charge in [0.15, 0.2) is 0 Å². The predicted molar refractivity (Wildman–Crippen MR) is 76.8 cm³/mol. The molecule has 3 N–H and O–H groups in total. The molecule has 0 bridgehead atoms. The Hall–Kier alpha value is -0.170. The highest BCUT2D eigenvalue weighted by atomic mass is 32.2. The lowest BCUT2D eigenvalue weighted by Gasteiger charge is -2.32.